The van der Waals surface area contributed by atoms with Crippen LogP contribution in [0.1, 0.15) is 62.4 Å². The van der Waals surface area contributed by atoms with Gasteiger partial charge in [-0.25, -0.2) is 4.98 Å². The second-order valence-electron chi connectivity index (χ2n) is 7.76. The summed E-state index contributed by atoms with van der Waals surface area (Å²) in [6, 6.07) is 1.57. The Kier molecular flexibility index (Phi) is 6.83. The molecule has 2 aliphatic heterocycles. The molecule has 0 spiro atoms. The number of methoxy groups -OCH3 is 1. The molecule has 0 bridgehead atoms. The molecule has 0 aliphatic carbocycles. The number of nitrogens with one attached hydrogen (secondary N) is 1. The van der Waals surface area contributed by atoms with Crippen molar-refractivity contribution in [1.29, 1.82) is 0 Å². The van der Waals surface area contributed by atoms with Crippen molar-refractivity contribution in [3.8, 4) is 0 Å². The van der Waals surface area contributed by atoms with Crippen LogP contribution in [0.25, 0.3) is 0 Å². The number of amides is 2. The Morgan fingerprint density at radius 1 is 1.18 bits per heavy atom. The highest BCUT2D eigenvalue weighted by atomic mass is 16.5. The van der Waals surface area contributed by atoms with Crippen LogP contribution in [0.2, 0.25) is 0 Å². The van der Waals surface area contributed by atoms with E-state index in [0.717, 1.165) is 37.9 Å². The lowest BCUT2D eigenvalue weighted by Gasteiger charge is -2.33. The molecule has 2 fully saturated rings. The second-order valence-corrected chi connectivity index (χ2v) is 7.76. The molecule has 1 aromatic heterocycles. The Labute approximate surface area is 165 Å². The van der Waals surface area contributed by atoms with Crippen LogP contribution in [0.3, 0.4) is 0 Å². The van der Waals surface area contributed by atoms with E-state index in [0.29, 0.717) is 38.5 Å². The van der Waals surface area contributed by atoms with E-state index in [1.54, 1.807) is 20.1 Å². The first kappa shape index (κ1) is 20.5. The van der Waals surface area contributed by atoms with Crippen molar-refractivity contribution in [2.75, 3.05) is 39.9 Å². The standard InChI is InChI=1S/C20H30N4O4/c1-14(25)24-8-3-4-16(13-24)17-12-18(26)22-20(21-17)15-5-9-23(10-6-15)19(27)7-11-28-2/h12,15-16H,3-11,13H2,1-2H3,(H,21,22,26)/t16-/m0/s1. The average molecular weight is 390 g/mol. The predicted molar refractivity (Wildman–Crippen MR) is 104 cm³/mol. The normalized spacial score (nSPS) is 21.0. The summed E-state index contributed by atoms with van der Waals surface area (Å²) >= 11 is 0. The Bertz CT molecular complexity index is 755. The van der Waals surface area contributed by atoms with Gasteiger partial charge in [-0.15, -0.1) is 0 Å². The fraction of sp³-hybridized carbons (Fsp3) is 0.700. The quantitative estimate of drug-likeness (QED) is 0.816. The van der Waals surface area contributed by atoms with E-state index < -0.39 is 0 Å². The minimum atomic E-state index is -0.140. The van der Waals surface area contributed by atoms with Crippen molar-refractivity contribution >= 4 is 11.8 Å². The number of ether oxygens (including phenoxy) is 1. The van der Waals surface area contributed by atoms with Gasteiger partial charge in [-0.1, -0.05) is 0 Å². The molecule has 1 aromatic rings. The van der Waals surface area contributed by atoms with E-state index in [4.69, 9.17) is 9.72 Å². The minimum absolute atomic E-state index is 0.0697. The van der Waals surface area contributed by atoms with Crippen molar-refractivity contribution in [2.24, 2.45) is 0 Å². The van der Waals surface area contributed by atoms with Gasteiger partial charge < -0.3 is 19.5 Å². The highest BCUT2D eigenvalue weighted by Crippen LogP contribution is 2.29. The van der Waals surface area contributed by atoms with Crippen molar-refractivity contribution in [3.05, 3.63) is 27.9 Å². The van der Waals surface area contributed by atoms with Gasteiger partial charge in [-0.3, -0.25) is 14.4 Å². The summed E-state index contributed by atoms with van der Waals surface area (Å²) in [5.74, 6) is 1.15. The van der Waals surface area contributed by atoms with E-state index in [2.05, 4.69) is 4.98 Å². The van der Waals surface area contributed by atoms with E-state index in [1.807, 2.05) is 9.80 Å². The third-order valence-electron chi connectivity index (χ3n) is 5.82. The highest BCUT2D eigenvalue weighted by molar-refractivity contribution is 5.76. The van der Waals surface area contributed by atoms with Gasteiger partial charge in [0.05, 0.1) is 18.7 Å². The molecule has 1 atom stereocenters. The zero-order valence-corrected chi connectivity index (χ0v) is 16.8. The van der Waals surface area contributed by atoms with E-state index in [-0.39, 0.29) is 29.2 Å². The van der Waals surface area contributed by atoms with Crippen LogP contribution < -0.4 is 5.56 Å². The molecule has 0 saturated carbocycles. The molecule has 28 heavy (non-hydrogen) atoms. The largest absolute Gasteiger partial charge is 0.384 e. The third-order valence-corrected chi connectivity index (χ3v) is 5.82. The van der Waals surface area contributed by atoms with Gasteiger partial charge in [-0.05, 0) is 25.7 Å². The van der Waals surface area contributed by atoms with E-state index in [9.17, 15) is 14.4 Å². The average Bonchev–Trinajstić information content (AvgIpc) is 2.71. The number of hydrogen-bond acceptors (Lipinski definition) is 5. The Hall–Kier alpha value is -2.22. The number of rotatable bonds is 5. The van der Waals surface area contributed by atoms with Crippen LogP contribution >= 0.6 is 0 Å². The number of H-pyrrole nitrogens is 1. The monoisotopic (exact) mass is 390 g/mol. The van der Waals surface area contributed by atoms with Gasteiger partial charge >= 0.3 is 0 Å². The molecule has 2 saturated heterocycles. The number of hydrogen-bond donors (Lipinski definition) is 1. The number of aromatic amines is 1. The second kappa shape index (κ2) is 9.32. The molecule has 0 aromatic carbocycles. The lowest BCUT2D eigenvalue weighted by Crippen LogP contribution is -2.39. The maximum atomic E-state index is 12.2. The topological polar surface area (TPSA) is 95.6 Å². The Balaban J connectivity index is 1.66. The number of carbonyl (C=O) groups excluding carboxylic acids is 2. The first-order valence-electron chi connectivity index (χ1n) is 10.1. The van der Waals surface area contributed by atoms with E-state index >= 15 is 0 Å². The maximum Gasteiger partial charge on any atom is 0.251 e. The fourth-order valence-corrected chi connectivity index (χ4v) is 4.15. The molecule has 8 heteroatoms. The molecule has 154 valence electrons. The number of carbonyl (C=O) groups is 2. The molecule has 8 nitrogen and oxygen atoms in total. The summed E-state index contributed by atoms with van der Waals surface area (Å²) in [5, 5.41) is 0. The van der Waals surface area contributed by atoms with Gasteiger partial charge in [-0.2, -0.15) is 0 Å². The molecule has 0 unspecified atom stereocenters. The Morgan fingerprint density at radius 3 is 2.61 bits per heavy atom. The molecule has 2 aliphatic rings. The minimum Gasteiger partial charge on any atom is -0.384 e. The zero-order chi connectivity index (χ0) is 20.1. The predicted octanol–water partition coefficient (Wildman–Crippen LogP) is 1.24. The zero-order valence-electron chi connectivity index (χ0n) is 16.8. The number of aromatic nitrogens is 2. The molecule has 2 amide bonds. The molecular weight excluding hydrogens is 360 g/mol. The number of likely N-dealkylation sites (tertiary alicyclic amines) is 2. The van der Waals surface area contributed by atoms with Gasteiger partial charge in [0.25, 0.3) is 5.56 Å². The molecule has 1 N–H and O–H groups in total. The SMILES string of the molecule is COCCC(=O)N1CCC(c2nc([C@H]3CCCN(C(C)=O)C3)cc(=O)[nH]2)CC1. The van der Waals surface area contributed by atoms with Crippen LogP contribution in [-0.2, 0) is 14.3 Å². The smallest absolute Gasteiger partial charge is 0.251 e. The summed E-state index contributed by atoms with van der Waals surface area (Å²) in [6.45, 7) is 4.76. The lowest BCUT2D eigenvalue weighted by atomic mass is 9.93. The van der Waals surface area contributed by atoms with Gasteiger partial charge in [0.15, 0.2) is 0 Å². The van der Waals surface area contributed by atoms with Crippen molar-refractivity contribution in [3.63, 3.8) is 0 Å². The molecular formula is C20H30N4O4. The molecule has 3 rings (SSSR count). The summed E-state index contributed by atoms with van der Waals surface area (Å²) in [5.41, 5.74) is 0.641. The summed E-state index contributed by atoms with van der Waals surface area (Å²) in [4.78, 5) is 47.5. The maximum absolute atomic E-state index is 12.2. The van der Waals surface area contributed by atoms with Crippen molar-refractivity contribution in [2.45, 2.75) is 50.9 Å². The molecule has 0 radical (unpaired) electrons. The third kappa shape index (κ3) is 4.98. The highest BCUT2D eigenvalue weighted by Gasteiger charge is 2.28. The fourth-order valence-electron chi connectivity index (χ4n) is 4.15. The summed E-state index contributed by atoms with van der Waals surface area (Å²) in [7, 11) is 1.59. The first-order valence-corrected chi connectivity index (χ1v) is 10.1. The van der Waals surface area contributed by atoms with Crippen LogP contribution in [0.5, 0.6) is 0 Å². The van der Waals surface area contributed by atoms with Crippen LogP contribution in [0.15, 0.2) is 10.9 Å². The summed E-state index contributed by atoms with van der Waals surface area (Å²) in [6.07, 6.45) is 3.84. The number of nitrogens with zero attached hydrogens (tertiary/aromatic N) is 3. The van der Waals surface area contributed by atoms with E-state index in [1.165, 1.54) is 0 Å². The van der Waals surface area contributed by atoms with Gasteiger partial charge in [0.1, 0.15) is 5.82 Å². The van der Waals surface area contributed by atoms with Crippen LogP contribution in [0.4, 0.5) is 0 Å². The van der Waals surface area contributed by atoms with Gasteiger partial charge in [0, 0.05) is 58.1 Å². The summed E-state index contributed by atoms with van der Waals surface area (Å²) < 4.78 is 4.98. The Morgan fingerprint density at radius 2 is 1.93 bits per heavy atom. The lowest BCUT2D eigenvalue weighted by molar-refractivity contribution is -0.133. The van der Waals surface area contributed by atoms with Crippen LogP contribution in [0, 0.1) is 0 Å². The first-order chi connectivity index (χ1) is 13.5. The number of piperidine rings is 2. The van der Waals surface area contributed by atoms with Crippen molar-refractivity contribution in [1.82, 2.24) is 19.8 Å². The molecule has 3 heterocycles. The van der Waals surface area contributed by atoms with Crippen molar-refractivity contribution < 1.29 is 14.3 Å². The van der Waals surface area contributed by atoms with Crippen LogP contribution in [-0.4, -0.2) is 71.5 Å². The van der Waals surface area contributed by atoms with Gasteiger partial charge in [0.2, 0.25) is 11.8 Å².